The molecule has 2 aliphatic rings. The monoisotopic (exact) mass is 441 g/mol. The zero-order valence-corrected chi connectivity index (χ0v) is 17.9. The molecule has 1 aromatic heterocycles. The molecule has 2 aliphatic heterocycles. The number of amides is 2. The van der Waals surface area contributed by atoms with Crippen LogP contribution in [0.1, 0.15) is 38.8 Å². The number of benzene rings is 3. The van der Waals surface area contributed by atoms with Gasteiger partial charge in [-0.1, -0.05) is 60.1 Å². The lowest BCUT2D eigenvalue weighted by atomic mass is 9.90. The molecule has 2 N–H and O–H groups in total. The smallest absolute Gasteiger partial charge is 0.255 e. The van der Waals surface area contributed by atoms with Gasteiger partial charge in [-0.2, -0.15) is 0 Å². The summed E-state index contributed by atoms with van der Waals surface area (Å²) in [6.45, 7) is 0.382. The molecule has 0 radical (unpaired) electrons. The summed E-state index contributed by atoms with van der Waals surface area (Å²) in [4.78, 5) is 32.1. The first-order valence-corrected chi connectivity index (χ1v) is 11.0. The van der Waals surface area contributed by atoms with Crippen LogP contribution in [-0.2, 0) is 17.8 Å². The van der Waals surface area contributed by atoms with Gasteiger partial charge in [-0.15, -0.1) is 0 Å². The molecule has 3 heterocycles. The maximum absolute atomic E-state index is 13.4. The van der Waals surface area contributed by atoms with Crippen LogP contribution in [0.3, 0.4) is 0 Å². The Bertz CT molecular complexity index is 1380. The highest BCUT2D eigenvalue weighted by atomic mass is 35.5. The Morgan fingerprint density at radius 1 is 1.03 bits per heavy atom. The second-order valence-corrected chi connectivity index (χ2v) is 8.77. The van der Waals surface area contributed by atoms with Gasteiger partial charge in [0.2, 0.25) is 5.91 Å². The number of nitrogens with one attached hydrogen (secondary N) is 2. The van der Waals surface area contributed by atoms with Crippen molar-refractivity contribution in [1.29, 1.82) is 0 Å². The number of carbonyl (C=O) groups excluding carboxylic acids is 2. The Kier molecular flexibility index (Phi) is 4.33. The Morgan fingerprint density at radius 3 is 2.62 bits per heavy atom. The van der Waals surface area contributed by atoms with Crippen molar-refractivity contribution in [2.75, 3.05) is 0 Å². The summed E-state index contributed by atoms with van der Waals surface area (Å²) in [5, 5.41) is 4.79. The quantitative estimate of drug-likeness (QED) is 0.487. The molecule has 158 valence electrons. The Morgan fingerprint density at radius 2 is 1.78 bits per heavy atom. The van der Waals surface area contributed by atoms with E-state index in [9.17, 15) is 9.59 Å². The minimum Gasteiger partial charge on any atom is -0.356 e. The molecule has 0 unspecified atom stereocenters. The lowest BCUT2D eigenvalue weighted by Gasteiger charge is -2.37. The second-order valence-electron chi connectivity index (χ2n) is 8.33. The summed E-state index contributed by atoms with van der Waals surface area (Å²) in [7, 11) is 0. The third kappa shape index (κ3) is 2.85. The molecule has 5 nitrogen and oxygen atoms in total. The number of aromatic nitrogens is 1. The zero-order chi connectivity index (χ0) is 21.8. The average molecular weight is 442 g/mol. The maximum Gasteiger partial charge on any atom is 0.255 e. The third-order valence-corrected chi connectivity index (χ3v) is 6.79. The number of rotatable bonds is 3. The highest BCUT2D eigenvalue weighted by Gasteiger charge is 2.48. The molecular formula is C26H20ClN3O2. The normalized spacial score (nSPS) is 18.9. The van der Waals surface area contributed by atoms with Crippen LogP contribution in [0.25, 0.3) is 10.9 Å². The van der Waals surface area contributed by atoms with E-state index in [1.807, 2.05) is 54.6 Å². The van der Waals surface area contributed by atoms with Crippen LogP contribution < -0.4 is 5.32 Å². The first-order chi connectivity index (χ1) is 15.6. The molecule has 2 atom stereocenters. The van der Waals surface area contributed by atoms with Crippen molar-refractivity contribution in [2.24, 2.45) is 0 Å². The van der Waals surface area contributed by atoms with Crippen LogP contribution in [0.4, 0.5) is 0 Å². The lowest BCUT2D eigenvalue weighted by Crippen LogP contribution is -2.52. The fourth-order valence-electron chi connectivity index (χ4n) is 5.05. The van der Waals surface area contributed by atoms with E-state index in [4.69, 9.17) is 11.6 Å². The molecule has 0 aliphatic carbocycles. The summed E-state index contributed by atoms with van der Waals surface area (Å²) in [6, 6.07) is 22.3. The van der Waals surface area contributed by atoms with Crippen LogP contribution >= 0.6 is 11.6 Å². The molecule has 0 saturated heterocycles. The van der Waals surface area contributed by atoms with Crippen molar-refractivity contribution < 1.29 is 9.59 Å². The van der Waals surface area contributed by atoms with Crippen LogP contribution in [-0.4, -0.2) is 27.7 Å². The summed E-state index contributed by atoms with van der Waals surface area (Å²) in [6.07, 6.45) is 0.474. The van der Waals surface area contributed by atoms with Gasteiger partial charge in [0.05, 0.1) is 6.04 Å². The van der Waals surface area contributed by atoms with Crippen molar-refractivity contribution in [1.82, 2.24) is 15.2 Å². The van der Waals surface area contributed by atoms with Gasteiger partial charge in [-0.05, 0) is 41.0 Å². The topological polar surface area (TPSA) is 65.2 Å². The van der Waals surface area contributed by atoms with Gasteiger partial charge in [0.25, 0.3) is 5.91 Å². The van der Waals surface area contributed by atoms with Gasteiger partial charge in [0.1, 0.15) is 6.04 Å². The van der Waals surface area contributed by atoms with Gasteiger partial charge in [-0.25, -0.2) is 0 Å². The SMILES string of the molecule is O=C(NCc1ccc(Cl)cc1)[C@H]1Cc2c([nH]c3ccccc23)[C@@H]2c3ccccc3C(=O)N21. The fraction of sp³-hybridized carbons (Fsp3) is 0.154. The molecule has 6 rings (SSSR count). The van der Waals surface area contributed by atoms with E-state index in [1.165, 1.54) is 0 Å². The molecular weight excluding hydrogens is 422 g/mol. The van der Waals surface area contributed by atoms with Crippen LogP contribution in [0.15, 0.2) is 72.8 Å². The first kappa shape index (κ1) is 19.1. The van der Waals surface area contributed by atoms with Gasteiger partial charge in [0, 0.05) is 40.1 Å². The largest absolute Gasteiger partial charge is 0.356 e. The molecule has 2 amide bonds. The minimum atomic E-state index is -0.584. The number of nitrogens with zero attached hydrogens (tertiary/aromatic N) is 1. The van der Waals surface area contributed by atoms with E-state index in [1.54, 1.807) is 17.0 Å². The van der Waals surface area contributed by atoms with Crippen LogP contribution in [0.2, 0.25) is 5.02 Å². The molecule has 3 aromatic carbocycles. The lowest BCUT2D eigenvalue weighted by molar-refractivity contribution is -0.126. The molecule has 4 aromatic rings. The fourth-order valence-corrected chi connectivity index (χ4v) is 5.17. The average Bonchev–Trinajstić information content (AvgIpc) is 3.34. The number of halogens is 1. The van der Waals surface area contributed by atoms with E-state index in [0.29, 0.717) is 23.6 Å². The molecule has 6 heteroatoms. The first-order valence-electron chi connectivity index (χ1n) is 10.6. The van der Waals surface area contributed by atoms with E-state index in [0.717, 1.165) is 33.3 Å². The van der Waals surface area contributed by atoms with Gasteiger partial charge in [0.15, 0.2) is 0 Å². The van der Waals surface area contributed by atoms with E-state index in [2.05, 4.69) is 16.4 Å². The Labute approximate surface area is 190 Å². The molecule has 0 saturated carbocycles. The number of carbonyl (C=O) groups is 2. The van der Waals surface area contributed by atoms with Crippen molar-refractivity contribution in [3.8, 4) is 0 Å². The van der Waals surface area contributed by atoms with E-state index in [-0.39, 0.29) is 17.9 Å². The van der Waals surface area contributed by atoms with Crippen LogP contribution in [0.5, 0.6) is 0 Å². The van der Waals surface area contributed by atoms with Crippen molar-refractivity contribution in [3.05, 3.63) is 106 Å². The number of aromatic amines is 1. The van der Waals surface area contributed by atoms with Gasteiger partial charge >= 0.3 is 0 Å². The van der Waals surface area contributed by atoms with Crippen molar-refractivity contribution in [3.63, 3.8) is 0 Å². The van der Waals surface area contributed by atoms with E-state index >= 15 is 0 Å². The van der Waals surface area contributed by atoms with E-state index < -0.39 is 6.04 Å². The number of hydrogen-bond acceptors (Lipinski definition) is 2. The summed E-state index contributed by atoms with van der Waals surface area (Å²) in [5.41, 5.74) is 5.71. The summed E-state index contributed by atoms with van der Waals surface area (Å²) in [5.74, 6) is -0.247. The highest BCUT2D eigenvalue weighted by molar-refractivity contribution is 6.30. The van der Waals surface area contributed by atoms with Gasteiger partial charge in [-0.3, -0.25) is 9.59 Å². The Hall–Kier alpha value is -3.57. The highest BCUT2D eigenvalue weighted by Crippen LogP contribution is 2.46. The minimum absolute atomic E-state index is 0.0958. The maximum atomic E-state index is 13.4. The third-order valence-electron chi connectivity index (χ3n) is 6.53. The van der Waals surface area contributed by atoms with Gasteiger partial charge < -0.3 is 15.2 Å². The summed E-state index contributed by atoms with van der Waals surface area (Å²) >= 11 is 5.97. The van der Waals surface area contributed by atoms with Crippen LogP contribution in [0, 0.1) is 0 Å². The Balaban J connectivity index is 1.41. The molecule has 0 spiro atoms. The summed E-state index contributed by atoms with van der Waals surface area (Å²) < 4.78 is 0. The molecule has 0 bridgehead atoms. The van der Waals surface area contributed by atoms with Crippen molar-refractivity contribution >= 4 is 34.3 Å². The second kappa shape index (κ2) is 7.24. The predicted octanol–water partition coefficient (Wildman–Crippen LogP) is 4.61. The number of fused-ring (bicyclic) bond motifs is 7. The number of para-hydroxylation sites is 1. The molecule has 0 fully saturated rings. The standard InChI is InChI=1S/C26H20ClN3O2/c27-16-11-9-15(10-12-16)14-28-25(31)22-13-20-17-5-3-4-8-21(17)29-23(20)24-18-6-1-2-7-19(18)26(32)30(22)24/h1-12,22,24,29H,13-14H2,(H,28,31)/t22-,24+/m1/s1. The molecule has 32 heavy (non-hydrogen) atoms. The zero-order valence-electron chi connectivity index (χ0n) is 17.1. The van der Waals surface area contributed by atoms with Crippen molar-refractivity contribution in [2.45, 2.75) is 25.0 Å². The number of hydrogen-bond donors (Lipinski definition) is 2. The number of H-pyrrole nitrogens is 1. The predicted molar refractivity (Wildman–Crippen MR) is 124 cm³/mol.